The highest BCUT2D eigenvalue weighted by Crippen LogP contribution is 2.35. The zero-order valence-corrected chi connectivity index (χ0v) is 15.5. The van der Waals surface area contributed by atoms with Crippen molar-refractivity contribution in [2.24, 2.45) is 0 Å². The number of pyridine rings is 1. The van der Waals surface area contributed by atoms with Crippen LogP contribution in [0, 0.1) is 5.82 Å². The van der Waals surface area contributed by atoms with E-state index in [4.69, 9.17) is 4.74 Å². The molecule has 0 amide bonds. The van der Waals surface area contributed by atoms with Crippen LogP contribution < -0.4 is 15.6 Å². The maximum atomic E-state index is 13.7. The molecule has 1 heterocycles. The fourth-order valence-corrected chi connectivity index (χ4v) is 4.05. The lowest BCUT2D eigenvalue weighted by atomic mass is 9.87. The van der Waals surface area contributed by atoms with E-state index >= 15 is 0 Å². The third kappa shape index (κ3) is 3.35. The summed E-state index contributed by atoms with van der Waals surface area (Å²) in [6.07, 6.45) is 2.82. The number of benzene rings is 2. The van der Waals surface area contributed by atoms with Gasteiger partial charge < -0.3 is 15.0 Å². The number of aromatic amines is 1. The van der Waals surface area contributed by atoms with Crippen molar-refractivity contribution >= 4 is 10.8 Å². The number of aromatic nitrogens is 1. The maximum Gasteiger partial charge on any atom is 0.256 e. The van der Waals surface area contributed by atoms with Crippen LogP contribution in [0.4, 0.5) is 4.39 Å². The number of H-pyrrole nitrogens is 1. The highest BCUT2D eigenvalue weighted by molar-refractivity contribution is 5.86. The second-order valence-electron chi connectivity index (χ2n) is 7.14. The van der Waals surface area contributed by atoms with Crippen LogP contribution in [0.1, 0.15) is 48.7 Å². The molecule has 0 fully saturated rings. The van der Waals surface area contributed by atoms with Gasteiger partial charge in [0.2, 0.25) is 0 Å². The van der Waals surface area contributed by atoms with E-state index in [0.717, 1.165) is 41.7 Å². The Kier molecular flexibility index (Phi) is 4.70. The van der Waals surface area contributed by atoms with E-state index in [-0.39, 0.29) is 23.5 Å². The summed E-state index contributed by atoms with van der Waals surface area (Å²) in [5, 5.41) is 4.96. The van der Waals surface area contributed by atoms with Crippen LogP contribution in [-0.4, -0.2) is 12.1 Å². The Bertz CT molecular complexity index is 1030. The molecular formula is C22H23FN2O2. The summed E-state index contributed by atoms with van der Waals surface area (Å²) in [5.41, 5.74) is 3.01. The SMILES string of the molecule is COc1ccc([C@@H](C)NC2CCCc3[nH]c(=O)c4cc(F)ccc4c32)cc1. The third-order valence-electron chi connectivity index (χ3n) is 5.44. The number of hydrogen-bond donors (Lipinski definition) is 2. The average Bonchev–Trinajstić information content (AvgIpc) is 2.68. The van der Waals surface area contributed by atoms with Gasteiger partial charge in [-0.15, -0.1) is 0 Å². The van der Waals surface area contributed by atoms with Crippen LogP contribution in [0.2, 0.25) is 0 Å². The minimum atomic E-state index is -0.389. The molecule has 0 radical (unpaired) electrons. The molecule has 0 aliphatic heterocycles. The van der Waals surface area contributed by atoms with Gasteiger partial charge in [0.15, 0.2) is 0 Å². The van der Waals surface area contributed by atoms with E-state index in [2.05, 4.69) is 29.4 Å². The van der Waals surface area contributed by atoms with Crippen molar-refractivity contribution < 1.29 is 9.13 Å². The van der Waals surface area contributed by atoms with Gasteiger partial charge in [-0.3, -0.25) is 4.79 Å². The second kappa shape index (κ2) is 7.16. The Hall–Kier alpha value is -2.66. The highest BCUT2D eigenvalue weighted by Gasteiger charge is 2.25. The lowest BCUT2D eigenvalue weighted by Gasteiger charge is -2.30. The van der Waals surface area contributed by atoms with Crippen LogP contribution in [-0.2, 0) is 6.42 Å². The molecule has 1 unspecified atom stereocenters. The summed E-state index contributed by atoms with van der Waals surface area (Å²) in [4.78, 5) is 15.3. The van der Waals surface area contributed by atoms with Crippen LogP contribution in [0.15, 0.2) is 47.3 Å². The molecule has 0 saturated carbocycles. The first-order valence-electron chi connectivity index (χ1n) is 9.31. The molecule has 5 heteroatoms. The Labute approximate surface area is 157 Å². The smallest absolute Gasteiger partial charge is 0.256 e. The number of halogens is 1. The molecule has 0 bridgehead atoms. The molecule has 1 aliphatic rings. The summed E-state index contributed by atoms with van der Waals surface area (Å²) in [6, 6.07) is 12.8. The molecule has 3 aromatic rings. The summed E-state index contributed by atoms with van der Waals surface area (Å²) in [6.45, 7) is 2.13. The van der Waals surface area contributed by atoms with Crippen molar-refractivity contribution in [3.05, 3.63) is 75.5 Å². The van der Waals surface area contributed by atoms with Gasteiger partial charge in [-0.1, -0.05) is 18.2 Å². The number of nitrogens with one attached hydrogen (secondary N) is 2. The van der Waals surface area contributed by atoms with Crippen LogP contribution in [0.25, 0.3) is 10.8 Å². The van der Waals surface area contributed by atoms with Crippen molar-refractivity contribution in [3.63, 3.8) is 0 Å². The molecule has 1 aromatic heterocycles. The zero-order chi connectivity index (χ0) is 19.0. The topological polar surface area (TPSA) is 54.1 Å². The number of fused-ring (bicyclic) bond motifs is 3. The van der Waals surface area contributed by atoms with E-state index in [1.54, 1.807) is 13.2 Å². The van der Waals surface area contributed by atoms with Gasteiger partial charge in [-0.05, 0) is 67.0 Å². The predicted molar refractivity (Wildman–Crippen MR) is 105 cm³/mol. The molecule has 0 saturated heterocycles. The van der Waals surface area contributed by atoms with Gasteiger partial charge in [0, 0.05) is 17.8 Å². The maximum absolute atomic E-state index is 13.7. The molecule has 2 atom stereocenters. The fourth-order valence-electron chi connectivity index (χ4n) is 4.05. The Morgan fingerprint density at radius 2 is 1.96 bits per heavy atom. The summed E-state index contributed by atoms with van der Waals surface area (Å²) in [7, 11) is 1.66. The predicted octanol–water partition coefficient (Wildman–Crippen LogP) is 4.40. The van der Waals surface area contributed by atoms with E-state index in [1.165, 1.54) is 17.7 Å². The Morgan fingerprint density at radius 3 is 2.70 bits per heavy atom. The normalized spacial score (nSPS) is 17.5. The molecule has 2 aromatic carbocycles. The summed E-state index contributed by atoms with van der Waals surface area (Å²) < 4.78 is 18.9. The molecular weight excluding hydrogens is 343 g/mol. The van der Waals surface area contributed by atoms with Gasteiger partial charge in [-0.2, -0.15) is 0 Å². The van der Waals surface area contributed by atoms with Gasteiger partial charge >= 0.3 is 0 Å². The quantitative estimate of drug-likeness (QED) is 0.719. The largest absolute Gasteiger partial charge is 0.497 e. The van der Waals surface area contributed by atoms with Gasteiger partial charge in [0.1, 0.15) is 11.6 Å². The molecule has 0 spiro atoms. The van der Waals surface area contributed by atoms with Crippen molar-refractivity contribution in [1.82, 2.24) is 10.3 Å². The Balaban J connectivity index is 1.71. The summed E-state index contributed by atoms with van der Waals surface area (Å²) >= 11 is 0. The number of aryl methyl sites for hydroxylation is 1. The molecule has 140 valence electrons. The first-order valence-corrected chi connectivity index (χ1v) is 9.31. The zero-order valence-electron chi connectivity index (χ0n) is 15.5. The molecule has 27 heavy (non-hydrogen) atoms. The minimum absolute atomic E-state index is 0.107. The first-order chi connectivity index (χ1) is 13.1. The van der Waals surface area contributed by atoms with E-state index in [9.17, 15) is 9.18 Å². The molecule has 4 nitrogen and oxygen atoms in total. The molecule has 4 rings (SSSR count). The fraction of sp³-hybridized carbons (Fsp3) is 0.318. The highest BCUT2D eigenvalue weighted by atomic mass is 19.1. The monoisotopic (exact) mass is 366 g/mol. The van der Waals surface area contributed by atoms with E-state index in [1.807, 2.05) is 12.1 Å². The van der Waals surface area contributed by atoms with Crippen molar-refractivity contribution in [1.29, 1.82) is 0 Å². The van der Waals surface area contributed by atoms with Gasteiger partial charge in [0.05, 0.1) is 12.5 Å². The van der Waals surface area contributed by atoms with Gasteiger partial charge in [-0.25, -0.2) is 4.39 Å². The lowest BCUT2D eigenvalue weighted by molar-refractivity contribution is 0.409. The van der Waals surface area contributed by atoms with Crippen molar-refractivity contribution in [2.45, 2.75) is 38.3 Å². The van der Waals surface area contributed by atoms with Crippen LogP contribution in [0.3, 0.4) is 0 Å². The Morgan fingerprint density at radius 1 is 1.19 bits per heavy atom. The average molecular weight is 366 g/mol. The minimum Gasteiger partial charge on any atom is -0.497 e. The first kappa shape index (κ1) is 17.7. The second-order valence-corrected chi connectivity index (χ2v) is 7.14. The standard InChI is InChI=1S/C22H23FN2O2/c1-13(14-6-9-16(27-2)10-7-14)24-19-4-3-5-20-21(19)17-11-8-15(23)12-18(17)22(26)25-20/h6-13,19,24H,3-5H2,1-2H3,(H,25,26)/t13-,19?/m1/s1. The molecule has 2 N–H and O–H groups in total. The van der Waals surface area contributed by atoms with Crippen LogP contribution >= 0.6 is 0 Å². The third-order valence-corrected chi connectivity index (χ3v) is 5.44. The number of rotatable bonds is 4. The van der Waals surface area contributed by atoms with E-state index in [0.29, 0.717) is 5.39 Å². The van der Waals surface area contributed by atoms with Crippen molar-refractivity contribution in [2.75, 3.05) is 7.11 Å². The van der Waals surface area contributed by atoms with Crippen LogP contribution in [0.5, 0.6) is 5.75 Å². The summed E-state index contributed by atoms with van der Waals surface area (Å²) in [5.74, 6) is 0.444. The lowest BCUT2D eigenvalue weighted by Crippen LogP contribution is -2.30. The number of ether oxygens (including phenoxy) is 1. The number of hydrogen-bond acceptors (Lipinski definition) is 3. The molecule has 1 aliphatic carbocycles. The van der Waals surface area contributed by atoms with E-state index < -0.39 is 0 Å². The van der Waals surface area contributed by atoms with Gasteiger partial charge in [0.25, 0.3) is 5.56 Å². The van der Waals surface area contributed by atoms with Crippen molar-refractivity contribution in [3.8, 4) is 5.75 Å². The number of methoxy groups -OCH3 is 1.